The normalized spacial score (nSPS) is 25.7. The molecule has 2 atom stereocenters. The van der Waals surface area contributed by atoms with Crippen LogP contribution < -0.4 is 0 Å². The Morgan fingerprint density at radius 2 is 1.77 bits per heavy atom. The number of hydrogen-bond acceptors (Lipinski definition) is 3. The Morgan fingerprint density at radius 1 is 1.00 bits per heavy atom. The zero-order valence-corrected chi connectivity index (χ0v) is 16.0. The zero-order valence-electron chi connectivity index (χ0n) is 15.2. The summed E-state index contributed by atoms with van der Waals surface area (Å²) in [6.45, 7) is 2.10. The van der Waals surface area contributed by atoms with Crippen molar-refractivity contribution >= 4 is 23.3 Å². The lowest BCUT2D eigenvalue weighted by molar-refractivity contribution is 0.0678. The molecule has 0 spiro atoms. The van der Waals surface area contributed by atoms with Crippen molar-refractivity contribution in [3.8, 4) is 0 Å². The quantitative estimate of drug-likeness (QED) is 0.567. The summed E-state index contributed by atoms with van der Waals surface area (Å²) in [5.74, 6) is 1.46. The molecule has 0 N–H and O–H groups in total. The molecule has 2 fully saturated rings. The van der Waals surface area contributed by atoms with Gasteiger partial charge in [-0.05, 0) is 62.3 Å². The van der Waals surface area contributed by atoms with Crippen LogP contribution in [-0.4, -0.2) is 12.0 Å². The fraction of sp³-hybridized carbons (Fsp3) is 0.348. The fourth-order valence-electron chi connectivity index (χ4n) is 3.72. The number of rotatable bonds is 3. The molecular weight excluding hydrogens is 338 g/mol. The number of fused-ring (bicyclic) bond motifs is 1. The van der Waals surface area contributed by atoms with E-state index in [-0.39, 0.29) is 0 Å². The average molecular weight is 364 g/mol. The molecule has 2 nitrogen and oxygen atoms in total. The number of nitrogens with zero attached hydrogens (tertiary/aromatic N) is 1. The van der Waals surface area contributed by atoms with E-state index in [4.69, 9.17) is 9.73 Å². The van der Waals surface area contributed by atoms with Crippen molar-refractivity contribution in [3.63, 3.8) is 0 Å². The molecule has 2 aliphatic rings. The van der Waals surface area contributed by atoms with Gasteiger partial charge in [0.05, 0.1) is 5.69 Å². The van der Waals surface area contributed by atoms with Gasteiger partial charge in [-0.1, -0.05) is 54.1 Å². The molecule has 1 saturated heterocycles. The molecule has 0 aromatic heterocycles. The number of aliphatic imine (C=N–C) groups is 1. The summed E-state index contributed by atoms with van der Waals surface area (Å²) in [6, 6.07) is 18.9. The minimum absolute atomic E-state index is 0.340. The van der Waals surface area contributed by atoms with Crippen LogP contribution in [0.1, 0.15) is 37.7 Å². The van der Waals surface area contributed by atoms with E-state index in [9.17, 15) is 0 Å². The van der Waals surface area contributed by atoms with Crippen LogP contribution >= 0.6 is 11.8 Å². The van der Waals surface area contributed by atoms with E-state index in [0.717, 1.165) is 24.4 Å². The van der Waals surface area contributed by atoms with E-state index in [1.165, 1.54) is 35.3 Å². The molecule has 0 amide bonds. The lowest BCUT2D eigenvalue weighted by atomic mass is 9.80. The van der Waals surface area contributed by atoms with Gasteiger partial charge in [-0.2, -0.15) is 0 Å². The summed E-state index contributed by atoms with van der Waals surface area (Å²) < 4.78 is 6.39. The first-order valence-corrected chi connectivity index (χ1v) is 10.4. The topological polar surface area (TPSA) is 21.6 Å². The lowest BCUT2D eigenvalue weighted by Gasteiger charge is -2.37. The molecule has 1 aliphatic heterocycles. The standard InChI is InChI=1S/C23H25NOS/c1-17-11-13-20(14-12-17)24-23-19(16-26-21-8-3-2-4-9-21)15-18-7-5-6-10-22(18)25-23/h2-4,8-9,11-14,16,18,22H,5-7,10,15H2,1H3. The average Bonchev–Trinajstić information content (AvgIpc) is 2.69. The van der Waals surface area contributed by atoms with Gasteiger partial charge in [0.2, 0.25) is 5.90 Å². The van der Waals surface area contributed by atoms with Crippen LogP contribution in [0.15, 0.2) is 75.5 Å². The molecule has 3 heteroatoms. The van der Waals surface area contributed by atoms with E-state index in [2.05, 4.69) is 66.9 Å². The molecule has 134 valence electrons. The zero-order chi connectivity index (χ0) is 17.8. The second kappa shape index (κ2) is 8.13. The summed E-state index contributed by atoms with van der Waals surface area (Å²) in [5.41, 5.74) is 3.46. The van der Waals surface area contributed by atoms with Crippen LogP contribution in [0, 0.1) is 12.8 Å². The first-order chi connectivity index (χ1) is 12.8. The number of benzene rings is 2. The van der Waals surface area contributed by atoms with Gasteiger partial charge in [0.1, 0.15) is 6.10 Å². The Hall–Kier alpha value is -2.00. The van der Waals surface area contributed by atoms with E-state index < -0.39 is 0 Å². The Bertz CT molecular complexity index is 795. The highest BCUT2D eigenvalue weighted by atomic mass is 32.2. The van der Waals surface area contributed by atoms with Crippen molar-refractivity contribution in [2.75, 3.05) is 0 Å². The highest BCUT2D eigenvalue weighted by Gasteiger charge is 2.34. The third-order valence-electron chi connectivity index (χ3n) is 5.20. The van der Waals surface area contributed by atoms with Crippen molar-refractivity contribution in [2.45, 2.75) is 50.0 Å². The minimum atomic E-state index is 0.340. The third kappa shape index (κ3) is 4.21. The van der Waals surface area contributed by atoms with Crippen LogP contribution in [0.3, 0.4) is 0 Å². The summed E-state index contributed by atoms with van der Waals surface area (Å²) in [4.78, 5) is 6.11. The van der Waals surface area contributed by atoms with Crippen molar-refractivity contribution in [1.29, 1.82) is 0 Å². The smallest absolute Gasteiger partial charge is 0.217 e. The second-order valence-electron chi connectivity index (χ2n) is 7.23. The Labute approximate surface area is 160 Å². The third-order valence-corrected chi connectivity index (χ3v) is 6.15. The number of thioether (sulfide) groups is 1. The van der Waals surface area contributed by atoms with Crippen molar-refractivity contribution < 1.29 is 4.74 Å². The summed E-state index contributed by atoms with van der Waals surface area (Å²) in [5, 5.41) is 2.24. The van der Waals surface area contributed by atoms with Crippen LogP contribution in [0.25, 0.3) is 0 Å². The molecule has 1 heterocycles. The fourth-order valence-corrected chi connectivity index (χ4v) is 4.51. The van der Waals surface area contributed by atoms with Gasteiger partial charge >= 0.3 is 0 Å². The molecule has 2 unspecified atom stereocenters. The Morgan fingerprint density at radius 3 is 2.58 bits per heavy atom. The summed E-state index contributed by atoms with van der Waals surface area (Å²) in [6.07, 6.45) is 6.46. The molecule has 4 rings (SSSR count). The summed E-state index contributed by atoms with van der Waals surface area (Å²) in [7, 11) is 0. The van der Waals surface area contributed by atoms with Gasteiger partial charge < -0.3 is 4.74 Å². The molecule has 1 saturated carbocycles. The lowest BCUT2D eigenvalue weighted by Crippen LogP contribution is -2.36. The molecule has 0 radical (unpaired) electrons. The molecule has 2 aromatic carbocycles. The van der Waals surface area contributed by atoms with Crippen LogP contribution in [-0.2, 0) is 4.74 Å². The van der Waals surface area contributed by atoms with Crippen LogP contribution in [0.5, 0.6) is 0 Å². The van der Waals surface area contributed by atoms with Gasteiger partial charge in [-0.15, -0.1) is 0 Å². The number of hydrogen-bond donors (Lipinski definition) is 0. The van der Waals surface area contributed by atoms with Crippen LogP contribution in [0.4, 0.5) is 5.69 Å². The first kappa shape index (κ1) is 17.4. The van der Waals surface area contributed by atoms with E-state index in [1.54, 1.807) is 11.8 Å². The van der Waals surface area contributed by atoms with Crippen molar-refractivity contribution in [1.82, 2.24) is 0 Å². The maximum absolute atomic E-state index is 6.39. The van der Waals surface area contributed by atoms with Crippen LogP contribution in [0.2, 0.25) is 0 Å². The highest BCUT2D eigenvalue weighted by molar-refractivity contribution is 8.02. The SMILES string of the molecule is Cc1ccc(N=C2OC3CCCCC3CC2=CSc2ccccc2)cc1. The van der Waals surface area contributed by atoms with Gasteiger partial charge in [0, 0.05) is 16.4 Å². The van der Waals surface area contributed by atoms with Gasteiger partial charge in [-0.3, -0.25) is 0 Å². The first-order valence-electron chi connectivity index (χ1n) is 9.51. The van der Waals surface area contributed by atoms with E-state index in [1.807, 2.05) is 0 Å². The maximum atomic E-state index is 6.39. The summed E-state index contributed by atoms with van der Waals surface area (Å²) >= 11 is 1.76. The molecule has 0 bridgehead atoms. The van der Waals surface area contributed by atoms with Crippen molar-refractivity contribution in [3.05, 3.63) is 71.1 Å². The predicted octanol–water partition coefficient (Wildman–Crippen LogP) is 6.68. The minimum Gasteiger partial charge on any atom is -0.474 e. The maximum Gasteiger partial charge on any atom is 0.217 e. The number of ether oxygens (including phenoxy) is 1. The monoisotopic (exact) mass is 363 g/mol. The Kier molecular flexibility index (Phi) is 5.45. The van der Waals surface area contributed by atoms with Gasteiger partial charge in [0.25, 0.3) is 0 Å². The molecule has 1 aliphatic carbocycles. The largest absolute Gasteiger partial charge is 0.474 e. The van der Waals surface area contributed by atoms with Crippen molar-refractivity contribution in [2.24, 2.45) is 10.9 Å². The molecule has 2 aromatic rings. The number of aryl methyl sites for hydroxylation is 1. The Balaban J connectivity index is 1.61. The molecular formula is C23H25NOS. The van der Waals surface area contributed by atoms with Gasteiger partial charge in [-0.25, -0.2) is 4.99 Å². The van der Waals surface area contributed by atoms with Gasteiger partial charge in [0.15, 0.2) is 0 Å². The van der Waals surface area contributed by atoms with E-state index >= 15 is 0 Å². The second-order valence-corrected chi connectivity index (χ2v) is 8.17. The highest BCUT2D eigenvalue weighted by Crippen LogP contribution is 2.38. The predicted molar refractivity (Wildman–Crippen MR) is 110 cm³/mol. The van der Waals surface area contributed by atoms with E-state index in [0.29, 0.717) is 12.0 Å². The molecule has 26 heavy (non-hydrogen) atoms.